The molecule has 5 unspecified atom stereocenters. The van der Waals surface area contributed by atoms with Crippen molar-refractivity contribution in [2.75, 3.05) is 12.6 Å². The number of carbonyl (C=O) groups is 2. The smallest absolute Gasteiger partial charge is 0.482 e. The van der Waals surface area contributed by atoms with Crippen LogP contribution >= 0.6 is 15.9 Å². The number of para-hydroxylation sites is 1. The summed E-state index contributed by atoms with van der Waals surface area (Å²) in [4.78, 5) is 28.8. The zero-order chi connectivity index (χ0) is 29.7. The van der Waals surface area contributed by atoms with Crippen molar-refractivity contribution >= 4 is 34.9 Å². The lowest BCUT2D eigenvalue weighted by atomic mass is 9.43. The molecule has 1 aliphatic heterocycles. The number of halogens is 1. The molecule has 41 heavy (non-hydrogen) atoms. The van der Waals surface area contributed by atoms with Crippen LogP contribution in [-0.4, -0.2) is 59.7 Å². The number of methoxy groups -OCH3 is 1. The molecule has 4 aliphatic rings. The normalized spacial score (nSPS) is 26.9. The fourth-order valence-corrected chi connectivity index (χ4v) is 7.76. The molecule has 220 valence electrons. The molecule has 2 aromatic carbocycles. The third-order valence-electron chi connectivity index (χ3n) is 9.44. The first-order chi connectivity index (χ1) is 19.3. The van der Waals surface area contributed by atoms with Gasteiger partial charge in [0.05, 0.1) is 30.2 Å². The van der Waals surface area contributed by atoms with E-state index in [9.17, 15) is 9.59 Å². The Kier molecular flexibility index (Phi) is 8.11. The molecule has 3 saturated carbocycles. The molecule has 4 fully saturated rings. The number of nitrogens with zero attached hydrogens (tertiary/aromatic N) is 1. The van der Waals surface area contributed by atoms with E-state index >= 15 is 0 Å². The minimum Gasteiger partial charge on any atom is -0.496 e. The first-order valence-corrected chi connectivity index (χ1v) is 15.6. The third kappa shape index (κ3) is 5.45. The second kappa shape index (κ2) is 11.0. The Balaban J connectivity index is 1.52. The Morgan fingerprint density at radius 3 is 2.41 bits per heavy atom. The van der Waals surface area contributed by atoms with E-state index in [0.717, 1.165) is 18.4 Å². The monoisotopic (exact) mass is 625 g/mol. The maximum absolute atomic E-state index is 13.9. The predicted molar refractivity (Wildman–Crippen MR) is 162 cm³/mol. The van der Waals surface area contributed by atoms with E-state index < -0.39 is 30.2 Å². The van der Waals surface area contributed by atoms with Gasteiger partial charge in [-0.3, -0.25) is 4.79 Å². The zero-order valence-corrected chi connectivity index (χ0v) is 26.7. The maximum Gasteiger partial charge on any atom is 0.482 e. The second-order valence-electron chi connectivity index (χ2n) is 13.4. The highest BCUT2D eigenvalue weighted by Gasteiger charge is 2.68. The second-order valence-corrected chi connectivity index (χ2v) is 13.9. The van der Waals surface area contributed by atoms with Gasteiger partial charge in [0.25, 0.3) is 5.91 Å². The van der Waals surface area contributed by atoms with Crippen LogP contribution in [0.4, 0.5) is 0 Å². The number of benzene rings is 2. The maximum atomic E-state index is 13.9. The summed E-state index contributed by atoms with van der Waals surface area (Å²) in [5.74, 6) is 0.337. The largest absolute Gasteiger partial charge is 0.496 e. The Hall–Kier alpha value is -2.36. The minimum absolute atomic E-state index is 0.0363. The highest BCUT2D eigenvalue weighted by atomic mass is 79.9. The van der Waals surface area contributed by atoms with E-state index in [1.807, 2.05) is 63.2 Å². The van der Waals surface area contributed by atoms with Gasteiger partial charge in [0.2, 0.25) is 0 Å². The molecule has 2 aromatic rings. The first kappa shape index (κ1) is 30.1. The minimum atomic E-state index is -0.653. The van der Waals surface area contributed by atoms with Crippen LogP contribution < -0.4 is 4.74 Å². The van der Waals surface area contributed by atoms with Gasteiger partial charge in [-0.05, 0) is 88.0 Å². The van der Waals surface area contributed by atoms with Gasteiger partial charge in [-0.2, -0.15) is 0 Å². The van der Waals surface area contributed by atoms with E-state index in [4.69, 9.17) is 18.8 Å². The van der Waals surface area contributed by atoms with Gasteiger partial charge in [0, 0.05) is 5.56 Å². The number of hydrogen-bond acceptors (Lipinski definition) is 6. The molecule has 3 aliphatic carbocycles. The molecule has 9 heteroatoms. The summed E-state index contributed by atoms with van der Waals surface area (Å²) in [5.41, 5.74) is 1.08. The quantitative estimate of drug-likeness (QED) is 0.148. The lowest BCUT2D eigenvalue weighted by Crippen LogP contribution is -2.65. The number of alkyl halides is 1. The van der Waals surface area contributed by atoms with Crippen molar-refractivity contribution in [1.82, 2.24) is 4.90 Å². The van der Waals surface area contributed by atoms with Gasteiger partial charge < -0.3 is 23.7 Å². The Bertz CT molecular complexity index is 1300. The van der Waals surface area contributed by atoms with Crippen molar-refractivity contribution in [3.63, 3.8) is 0 Å². The standard InChI is InChI=1S/C32H41BBrNO6/c1-30(2,3)39-29(37)23-15-11-14-21(27(23)38-7)16-26(35(19-34)28(36)20-12-9-8-10-13-20)33-40-25-18-22-17-24(31(22,4)5)32(25,6)41-33/h8-15,22,24-26H,16-19H2,1-7H3. The lowest BCUT2D eigenvalue weighted by Gasteiger charge is -2.64. The summed E-state index contributed by atoms with van der Waals surface area (Å²) >= 11 is 3.60. The van der Waals surface area contributed by atoms with Gasteiger partial charge in [-0.1, -0.05) is 60.1 Å². The molecule has 1 heterocycles. The fraction of sp³-hybridized carbons (Fsp3) is 0.562. The van der Waals surface area contributed by atoms with Crippen LogP contribution in [0.1, 0.15) is 80.7 Å². The number of carbonyl (C=O) groups excluding carboxylic acids is 2. The van der Waals surface area contributed by atoms with Crippen LogP contribution in [0.2, 0.25) is 0 Å². The predicted octanol–water partition coefficient (Wildman–Crippen LogP) is 6.32. The highest BCUT2D eigenvalue weighted by molar-refractivity contribution is 9.09. The molecule has 1 amide bonds. The lowest BCUT2D eigenvalue weighted by molar-refractivity contribution is -0.199. The number of rotatable bonds is 8. The van der Waals surface area contributed by atoms with Crippen LogP contribution in [0.15, 0.2) is 48.5 Å². The van der Waals surface area contributed by atoms with Crippen molar-refractivity contribution in [1.29, 1.82) is 0 Å². The Labute approximate surface area is 252 Å². The van der Waals surface area contributed by atoms with Gasteiger partial charge >= 0.3 is 13.1 Å². The molecule has 6 rings (SSSR count). The molecule has 7 nitrogen and oxygen atoms in total. The molecule has 0 radical (unpaired) electrons. The molecule has 0 aromatic heterocycles. The first-order valence-electron chi connectivity index (χ1n) is 14.4. The highest BCUT2D eigenvalue weighted by Crippen LogP contribution is 2.65. The number of amides is 1. The molecule has 0 N–H and O–H groups in total. The van der Waals surface area contributed by atoms with E-state index in [2.05, 4.69) is 36.7 Å². The Morgan fingerprint density at radius 1 is 1.10 bits per heavy atom. The van der Waals surface area contributed by atoms with Gasteiger partial charge in [0.15, 0.2) is 0 Å². The molecule has 5 atom stereocenters. The van der Waals surface area contributed by atoms with Crippen LogP contribution in [-0.2, 0) is 20.5 Å². The number of ether oxygens (including phenoxy) is 2. The molecule has 0 spiro atoms. The summed E-state index contributed by atoms with van der Waals surface area (Å²) in [6.45, 7) is 12.3. The number of hydrogen-bond donors (Lipinski definition) is 0. The van der Waals surface area contributed by atoms with Crippen molar-refractivity contribution < 1.29 is 28.4 Å². The van der Waals surface area contributed by atoms with Crippen molar-refractivity contribution in [2.45, 2.75) is 84.1 Å². The molecule has 2 bridgehead atoms. The summed E-state index contributed by atoms with van der Waals surface area (Å²) < 4.78 is 25.1. The van der Waals surface area contributed by atoms with E-state index in [0.29, 0.717) is 35.1 Å². The zero-order valence-electron chi connectivity index (χ0n) is 25.1. The van der Waals surface area contributed by atoms with Crippen LogP contribution in [0.25, 0.3) is 0 Å². The van der Waals surface area contributed by atoms with E-state index in [1.54, 1.807) is 18.1 Å². The molecular weight excluding hydrogens is 585 g/mol. The van der Waals surface area contributed by atoms with Crippen LogP contribution in [0.5, 0.6) is 5.75 Å². The number of esters is 1. The fourth-order valence-electron chi connectivity index (χ4n) is 7.16. The van der Waals surface area contributed by atoms with E-state index in [1.165, 1.54) is 0 Å². The van der Waals surface area contributed by atoms with Crippen LogP contribution in [0.3, 0.4) is 0 Å². The molecule has 1 saturated heterocycles. The third-order valence-corrected chi connectivity index (χ3v) is 9.98. The SMILES string of the molecule is COc1c(CC(B2OC3CC4CC(C4(C)C)C3(C)O2)N(CBr)C(=O)c2ccccc2)cccc1C(=O)OC(C)(C)C. The van der Waals surface area contributed by atoms with Gasteiger partial charge in [0.1, 0.15) is 16.9 Å². The van der Waals surface area contributed by atoms with Crippen molar-refractivity contribution in [3.8, 4) is 5.75 Å². The van der Waals surface area contributed by atoms with E-state index in [-0.39, 0.29) is 22.9 Å². The van der Waals surface area contributed by atoms with Crippen LogP contribution in [0, 0.1) is 17.3 Å². The summed E-state index contributed by atoms with van der Waals surface area (Å²) in [7, 11) is 0.896. The topological polar surface area (TPSA) is 74.3 Å². The average molecular weight is 626 g/mol. The van der Waals surface area contributed by atoms with Gasteiger partial charge in [-0.15, -0.1) is 0 Å². The summed E-state index contributed by atoms with van der Waals surface area (Å²) in [5, 5.41) is 0. The average Bonchev–Trinajstić information content (AvgIpc) is 3.29. The van der Waals surface area contributed by atoms with Crippen molar-refractivity contribution in [2.24, 2.45) is 17.3 Å². The summed E-state index contributed by atoms with van der Waals surface area (Å²) in [6.07, 6.45) is 2.40. The Morgan fingerprint density at radius 2 is 1.80 bits per heavy atom. The molecular formula is C32H41BBrNO6. The van der Waals surface area contributed by atoms with Crippen molar-refractivity contribution in [3.05, 3.63) is 65.2 Å². The summed E-state index contributed by atoms with van der Waals surface area (Å²) in [6, 6.07) is 14.7. The van der Waals surface area contributed by atoms with Gasteiger partial charge in [-0.25, -0.2) is 4.79 Å².